The van der Waals surface area contributed by atoms with Gasteiger partial charge in [0.05, 0.1) is 17.5 Å². The first-order chi connectivity index (χ1) is 13.3. The van der Waals surface area contributed by atoms with E-state index in [9.17, 15) is 22.0 Å². The Balaban J connectivity index is 1.71. The molecule has 9 heteroatoms. The zero-order chi connectivity index (χ0) is 19.9. The van der Waals surface area contributed by atoms with Gasteiger partial charge in [0.2, 0.25) is 0 Å². The molecule has 2 heterocycles. The third kappa shape index (κ3) is 3.30. The van der Waals surface area contributed by atoms with Crippen LogP contribution in [0.25, 0.3) is 22.9 Å². The van der Waals surface area contributed by atoms with Crippen molar-refractivity contribution in [2.45, 2.75) is 12.7 Å². The molecule has 4 nitrogen and oxygen atoms in total. The van der Waals surface area contributed by atoms with E-state index in [4.69, 9.17) is 0 Å². The average molecular weight is 390 g/mol. The molecule has 0 saturated heterocycles. The molecule has 142 valence electrons. The lowest BCUT2D eigenvalue weighted by Gasteiger charge is -2.14. The van der Waals surface area contributed by atoms with Crippen molar-refractivity contribution in [3.8, 4) is 22.9 Å². The summed E-state index contributed by atoms with van der Waals surface area (Å²) in [6.45, 7) is -0.0882. The van der Waals surface area contributed by atoms with E-state index in [1.807, 2.05) is 0 Å². The highest BCUT2D eigenvalue weighted by Crippen LogP contribution is 2.32. The predicted octanol–water partition coefficient (Wildman–Crippen LogP) is 4.79. The second kappa shape index (κ2) is 6.66. The number of halogens is 5. The molecule has 0 atom stereocenters. The van der Waals surface area contributed by atoms with Crippen molar-refractivity contribution >= 4 is 0 Å². The Labute approximate surface area is 155 Å². The summed E-state index contributed by atoms with van der Waals surface area (Å²) >= 11 is 0. The van der Waals surface area contributed by atoms with Gasteiger partial charge >= 0.3 is 6.18 Å². The third-order valence-electron chi connectivity index (χ3n) is 4.15. The zero-order valence-electron chi connectivity index (χ0n) is 14.1. The molecule has 0 unspecified atom stereocenters. The quantitative estimate of drug-likeness (QED) is 0.473. The summed E-state index contributed by atoms with van der Waals surface area (Å²) in [6.07, 6.45) is -1.70. The first kappa shape index (κ1) is 18.0. The first-order valence-electron chi connectivity index (χ1n) is 8.12. The monoisotopic (exact) mass is 390 g/mol. The summed E-state index contributed by atoms with van der Waals surface area (Å²) in [4.78, 5) is 12.3. The van der Waals surface area contributed by atoms with Crippen LogP contribution in [0.5, 0.6) is 0 Å². The molecule has 0 spiro atoms. The Morgan fingerprint density at radius 2 is 1.68 bits per heavy atom. The highest BCUT2D eigenvalue weighted by molar-refractivity contribution is 5.63. The number of fused-ring (bicyclic) bond motifs is 1. The molecule has 0 saturated carbocycles. The van der Waals surface area contributed by atoms with E-state index in [-0.39, 0.29) is 35.0 Å². The molecule has 2 aliphatic heterocycles. The summed E-state index contributed by atoms with van der Waals surface area (Å²) in [6, 6.07) is 8.87. The minimum Gasteiger partial charge on any atom is -0.332 e. The highest BCUT2D eigenvalue weighted by Gasteiger charge is 2.32. The standard InChI is InChI=1S/C19H11F5N4/c20-14-7-3-5-12(16(14)21)17-26-15-9-28(10-25-18(15)27-17)8-11-4-1-2-6-13(11)19(22,23)24/h1-7,9-10H,8H2. The predicted molar refractivity (Wildman–Crippen MR) is 90.3 cm³/mol. The van der Waals surface area contributed by atoms with E-state index in [1.54, 1.807) is 0 Å². The number of rotatable bonds is 3. The van der Waals surface area contributed by atoms with Crippen LogP contribution in [0.1, 0.15) is 11.1 Å². The minimum absolute atomic E-state index is 0.0482. The van der Waals surface area contributed by atoms with Crippen LogP contribution in [0.2, 0.25) is 0 Å². The van der Waals surface area contributed by atoms with Crippen molar-refractivity contribution in [2.75, 3.05) is 0 Å². The fourth-order valence-electron chi connectivity index (χ4n) is 2.86. The van der Waals surface area contributed by atoms with Crippen molar-refractivity contribution in [1.29, 1.82) is 0 Å². The lowest BCUT2D eigenvalue weighted by atomic mass is 10.1. The Bertz CT molecular complexity index is 1120. The maximum Gasteiger partial charge on any atom is 0.416 e. The van der Waals surface area contributed by atoms with Gasteiger partial charge in [-0.25, -0.2) is 23.7 Å². The van der Waals surface area contributed by atoms with Gasteiger partial charge in [0.25, 0.3) is 0 Å². The lowest BCUT2D eigenvalue weighted by molar-refractivity contribution is -0.138. The second-order valence-corrected chi connectivity index (χ2v) is 6.06. The maximum atomic E-state index is 14.0. The molecule has 0 fully saturated rings. The Hall–Kier alpha value is -3.36. The number of benzene rings is 2. The van der Waals surface area contributed by atoms with Gasteiger partial charge < -0.3 is 4.57 Å². The van der Waals surface area contributed by atoms with Gasteiger partial charge in [0.1, 0.15) is 5.69 Å². The second-order valence-electron chi connectivity index (χ2n) is 6.06. The molecule has 0 aromatic heterocycles. The van der Waals surface area contributed by atoms with Crippen LogP contribution in [0.4, 0.5) is 22.0 Å². The summed E-state index contributed by atoms with van der Waals surface area (Å²) in [7, 11) is 0. The molecule has 0 radical (unpaired) electrons. The Morgan fingerprint density at radius 1 is 0.893 bits per heavy atom. The van der Waals surface area contributed by atoms with Gasteiger partial charge in [-0.1, -0.05) is 24.3 Å². The summed E-state index contributed by atoms with van der Waals surface area (Å²) in [5.41, 5.74) is -0.534. The van der Waals surface area contributed by atoms with Gasteiger partial charge in [-0.15, -0.1) is 0 Å². The van der Waals surface area contributed by atoms with Crippen LogP contribution in [0.3, 0.4) is 0 Å². The van der Waals surface area contributed by atoms with Crippen molar-refractivity contribution in [3.63, 3.8) is 0 Å². The van der Waals surface area contributed by atoms with Gasteiger partial charge in [-0.2, -0.15) is 13.2 Å². The van der Waals surface area contributed by atoms with Crippen molar-refractivity contribution in [1.82, 2.24) is 19.5 Å². The molecular weight excluding hydrogens is 379 g/mol. The van der Waals surface area contributed by atoms with Gasteiger partial charge in [0.15, 0.2) is 23.3 Å². The number of imidazole rings is 1. The average Bonchev–Trinajstić information content (AvgIpc) is 3.06. The van der Waals surface area contributed by atoms with Gasteiger partial charge in [-0.05, 0) is 23.8 Å². The number of alkyl halides is 3. The molecule has 2 aromatic rings. The van der Waals surface area contributed by atoms with E-state index in [0.717, 1.165) is 12.1 Å². The number of hydrogen-bond acceptors (Lipinski definition) is 3. The van der Waals surface area contributed by atoms with Gasteiger partial charge in [-0.3, -0.25) is 0 Å². The minimum atomic E-state index is -4.48. The normalized spacial score (nSPS) is 11.9. The lowest BCUT2D eigenvalue weighted by Crippen LogP contribution is -2.12. The van der Waals surface area contributed by atoms with Crippen LogP contribution < -0.4 is 0 Å². The largest absolute Gasteiger partial charge is 0.416 e. The molecule has 2 aromatic carbocycles. The summed E-state index contributed by atoms with van der Waals surface area (Å²) in [5.74, 6) is -1.98. The van der Waals surface area contributed by atoms with Crippen LogP contribution in [-0.4, -0.2) is 19.5 Å². The van der Waals surface area contributed by atoms with E-state index in [2.05, 4.69) is 15.0 Å². The molecule has 0 bridgehead atoms. The highest BCUT2D eigenvalue weighted by atomic mass is 19.4. The topological polar surface area (TPSA) is 43.6 Å². The first-order valence-corrected chi connectivity index (χ1v) is 8.12. The van der Waals surface area contributed by atoms with Crippen LogP contribution in [0, 0.1) is 11.6 Å². The fraction of sp³-hybridized carbons (Fsp3) is 0.105. The SMILES string of the molecule is Fc1cccc(-c2nc3cn(Cc4ccccc4C(F)(F)F)cnc-3n2)c1F. The van der Waals surface area contributed by atoms with Crippen LogP contribution in [0.15, 0.2) is 55.0 Å². The van der Waals surface area contributed by atoms with Crippen molar-refractivity contribution in [3.05, 3.63) is 77.8 Å². The third-order valence-corrected chi connectivity index (χ3v) is 4.15. The van der Waals surface area contributed by atoms with Crippen LogP contribution >= 0.6 is 0 Å². The number of aromatic nitrogens is 4. The molecule has 2 aliphatic rings. The molecular formula is C19H11F5N4. The number of hydrogen-bond donors (Lipinski definition) is 0. The summed E-state index contributed by atoms with van der Waals surface area (Å²) in [5, 5.41) is 0. The molecule has 0 N–H and O–H groups in total. The van der Waals surface area contributed by atoms with Crippen molar-refractivity contribution in [2.24, 2.45) is 0 Å². The molecule has 28 heavy (non-hydrogen) atoms. The Kier molecular flexibility index (Phi) is 4.29. The smallest absolute Gasteiger partial charge is 0.332 e. The Morgan fingerprint density at radius 3 is 2.46 bits per heavy atom. The van der Waals surface area contributed by atoms with Crippen LogP contribution in [-0.2, 0) is 12.7 Å². The fourth-order valence-corrected chi connectivity index (χ4v) is 2.86. The maximum absolute atomic E-state index is 14.0. The molecule has 0 aliphatic carbocycles. The molecule has 4 rings (SSSR count). The molecule has 0 amide bonds. The number of nitrogens with zero attached hydrogens (tertiary/aromatic N) is 4. The summed E-state index contributed by atoms with van der Waals surface area (Å²) < 4.78 is 68.3. The van der Waals surface area contributed by atoms with E-state index >= 15 is 0 Å². The van der Waals surface area contributed by atoms with E-state index in [1.165, 1.54) is 47.4 Å². The zero-order valence-corrected chi connectivity index (χ0v) is 14.1. The van der Waals surface area contributed by atoms with Gasteiger partial charge in [0, 0.05) is 12.7 Å². The van der Waals surface area contributed by atoms with Crippen molar-refractivity contribution < 1.29 is 22.0 Å². The van der Waals surface area contributed by atoms with E-state index in [0.29, 0.717) is 0 Å². The van der Waals surface area contributed by atoms with E-state index < -0.39 is 23.4 Å².